The Morgan fingerprint density at radius 2 is 1.57 bits per heavy atom. The minimum absolute atomic E-state index is 0.131. The van der Waals surface area contributed by atoms with Crippen LogP contribution in [0.3, 0.4) is 0 Å². The lowest BCUT2D eigenvalue weighted by Crippen LogP contribution is -2.20. The molecule has 4 aromatic rings. The van der Waals surface area contributed by atoms with E-state index >= 15 is 0 Å². The van der Waals surface area contributed by atoms with Crippen molar-refractivity contribution < 1.29 is 14.1 Å². The Hall–Kier alpha value is -3.93. The van der Waals surface area contributed by atoms with Gasteiger partial charge >= 0.3 is 0 Å². The first-order valence-corrected chi connectivity index (χ1v) is 9.59. The van der Waals surface area contributed by atoms with Crippen molar-refractivity contribution in [3.8, 4) is 28.6 Å². The second kappa shape index (κ2) is 8.61. The highest BCUT2D eigenvalue weighted by Gasteiger charge is 2.16. The van der Waals surface area contributed by atoms with Crippen molar-refractivity contribution in [2.45, 2.75) is 13.8 Å². The number of carbonyl (C=O) groups excluding carboxylic acids is 1. The van der Waals surface area contributed by atoms with E-state index in [4.69, 9.17) is 9.26 Å². The van der Waals surface area contributed by atoms with Crippen LogP contribution in [0.5, 0.6) is 5.75 Å². The maximum Gasteiger partial charge on any atom is 0.262 e. The summed E-state index contributed by atoms with van der Waals surface area (Å²) in [5.41, 5.74) is 4.34. The lowest BCUT2D eigenvalue weighted by atomic mass is 10.1. The molecule has 1 amide bonds. The third kappa shape index (κ3) is 4.22. The summed E-state index contributed by atoms with van der Waals surface area (Å²) in [5, 5.41) is 6.96. The fourth-order valence-electron chi connectivity index (χ4n) is 3.08. The Morgan fingerprint density at radius 3 is 2.33 bits per heavy atom. The summed E-state index contributed by atoms with van der Waals surface area (Å²) in [7, 11) is 0. The Balaban J connectivity index is 1.50. The zero-order chi connectivity index (χ0) is 20.9. The lowest BCUT2D eigenvalue weighted by Gasteiger charge is -2.11. The number of hydrogen-bond acceptors (Lipinski definition) is 5. The maximum atomic E-state index is 12.3. The van der Waals surface area contributed by atoms with Crippen molar-refractivity contribution in [2.24, 2.45) is 0 Å². The van der Waals surface area contributed by atoms with Crippen LogP contribution in [0.1, 0.15) is 11.1 Å². The quantitative estimate of drug-likeness (QED) is 0.492. The number of para-hydroxylation sites is 2. The third-order valence-corrected chi connectivity index (χ3v) is 4.71. The van der Waals surface area contributed by atoms with E-state index < -0.39 is 0 Å². The second-order valence-electron chi connectivity index (χ2n) is 6.89. The topological polar surface area (TPSA) is 77.2 Å². The molecule has 0 fully saturated rings. The summed E-state index contributed by atoms with van der Waals surface area (Å²) in [6.45, 7) is 3.80. The van der Waals surface area contributed by atoms with Gasteiger partial charge in [0.25, 0.3) is 11.8 Å². The number of aryl methyl sites for hydroxylation is 2. The molecular formula is C24H21N3O3. The molecule has 1 N–H and O–H groups in total. The van der Waals surface area contributed by atoms with Gasteiger partial charge in [0.15, 0.2) is 6.61 Å². The zero-order valence-electron chi connectivity index (χ0n) is 16.8. The fourth-order valence-corrected chi connectivity index (χ4v) is 3.08. The molecule has 0 atom stereocenters. The second-order valence-corrected chi connectivity index (χ2v) is 6.89. The van der Waals surface area contributed by atoms with E-state index in [1.165, 1.54) is 0 Å². The van der Waals surface area contributed by atoms with Crippen molar-refractivity contribution in [1.29, 1.82) is 0 Å². The molecule has 4 rings (SSSR count). The van der Waals surface area contributed by atoms with Crippen LogP contribution in [0.4, 0.5) is 5.69 Å². The Morgan fingerprint density at radius 1 is 0.900 bits per heavy atom. The van der Waals surface area contributed by atoms with Crippen molar-refractivity contribution in [2.75, 3.05) is 11.9 Å². The molecule has 3 aromatic carbocycles. The van der Waals surface area contributed by atoms with Gasteiger partial charge in [0.2, 0.25) is 5.82 Å². The SMILES string of the molecule is Cc1ccccc1NC(=O)COc1ccccc1-c1noc(-c2ccccc2C)n1. The molecule has 150 valence electrons. The molecule has 0 radical (unpaired) electrons. The first kappa shape index (κ1) is 19.4. The van der Waals surface area contributed by atoms with E-state index in [9.17, 15) is 4.79 Å². The number of benzene rings is 3. The van der Waals surface area contributed by atoms with Gasteiger partial charge in [-0.25, -0.2) is 0 Å². The highest BCUT2D eigenvalue weighted by Crippen LogP contribution is 2.30. The number of amides is 1. The number of aromatic nitrogens is 2. The van der Waals surface area contributed by atoms with E-state index in [0.29, 0.717) is 23.0 Å². The molecule has 0 unspecified atom stereocenters. The summed E-state index contributed by atoms with van der Waals surface area (Å²) in [6.07, 6.45) is 0. The highest BCUT2D eigenvalue weighted by molar-refractivity contribution is 5.92. The van der Waals surface area contributed by atoms with Crippen LogP contribution >= 0.6 is 0 Å². The van der Waals surface area contributed by atoms with E-state index in [1.54, 1.807) is 6.07 Å². The van der Waals surface area contributed by atoms with Crippen LogP contribution in [0.15, 0.2) is 77.3 Å². The van der Waals surface area contributed by atoms with Gasteiger partial charge in [-0.05, 0) is 49.2 Å². The van der Waals surface area contributed by atoms with Crippen molar-refractivity contribution in [3.63, 3.8) is 0 Å². The number of carbonyl (C=O) groups is 1. The lowest BCUT2D eigenvalue weighted by molar-refractivity contribution is -0.118. The molecule has 0 saturated heterocycles. The van der Waals surface area contributed by atoms with Gasteiger partial charge < -0.3 is 14.6 Å². The van der Waals surface area contributed by atoms with E-state index in [0.717, 1.165) is 22.4 Å². The standard InChI is InChI=1S/C24H21N3O3/c1-16-9-3-5-11-18(16)24-26-23(27-30-24)19-12-6-8-14-21(19)29-15-22(28)25-20-13-7-4-10-17(20)2/h3-14H,15H2,1-2H3,(H,25,28). The third-order valence-electron chi connectivity index (χ3n) is 4.71. The normalized spacial score (nSPS) is 10.6. The minimum atomic E-state index is -0.243. The highest BCUT2D eigenvalue weighted by atomic mass is 16.5. The molecule has 0 spiro atoms. The predicted molar refractivity (Wildman–Crippen MR) is 115 cm³/mol. The predicted octanol–water partition coefficient (Wildman–Crippen LogP) is 5.04. The average molecular weight is 399 g/mol. The maximum absolute atomic E-state index is 12.3. The molecule has 0 aliphatic heterocycles. The van der Waals surface area contributed by atoms with Crippen molar-refractivity contribution in [3.05, 3.63) is 83.9 Å². The smallest absolute Gasteiger partial charge is 0.262 e. The summed E-state index contributed by atoms with van der Waals surface area (Å²) in [5.74, 6) is 1.11. The largest absolute Gasteiger partial charge is 0.483 e. The molecule has 30 heavy (non-hydrogen) atoms. The van der Waals surface area contributed by atoms with Gasteiger partial charge in [0.1, 0.15) is 5.75 Å². The summed E-state index contributed by atoms with van der Waals surface area (Å²) >= 11 is 0. The zero-order valence-corrected chi connectivity index (χ0v) is 16.8. The number of ether oxygens (including phenoxy) is 1. The van der Waals surface area contributed by atoms with Gasteiger partial charge in [-0.2, -0.15) is 4.98 Å². The summed E-state index contributed by atoms with van der Waals surface area (Å²) < 4.78 is 11.2. The molecule has 0 aliphatic rings. The number of hydrogen-bond donors (Lipinski definition) is 1. The first-order chi connectivity index (χ1) is 14.6. The summed E-state index contributed by atoms with van der Waals surface area (Å²) in [6, 6.07) is 22.7. The van der Waals surface area contributed by atoms with Gasteiger partial charge in [0, 0.05) is 11.3 Å². The van der Waals surface area contributed by atoms with Gasteiger partial charge in [-0.1, -0.05) is 53.7 Å². The molecule has 0 bridgehead atoms. The van der Waals surface area contributed by atoms with Crippen molar-refractivity contribution >= 4 is 11.6 Å². The van der Waals surface area contributed by atoms with Crippen LogP contribution < -0.4 is 10.1 Å². The molecule has 0 aliphatic carbocycles. The van der Waals surface area contributed by atoms with Crippen LogP contribution in [-0.2, 0) is 4.79 Å². The van der Waals surface area contributed by atoms with Crippen LogP contribution in [-0.4, -0.2) is 22.7 Å². The number of anilines is 1. The first-order valence-electron chi connectivity index (χ1n) is 9.59. The molecule has 1 aromatic heterocycles. The average Bonchev–Trinajstić information content (AvgIpc) is 3.24. The van der Waals surface area contributed by atoms with E-state index in [2.05, 4.69) is 15.5 Å². The van der Waals surface area contributed by atoms with Gasteiger partial charge in [0.05, 0.1) is 5.56 Å². The summed E-state index contributed by atoms with van der Waals surface area (Å²) in [4.78, 5) is 16.8. The molecule has 6 nitrogen and oxygen atoms in total. The van der Waals surface area contributed by atoms with E-state index in [-0.39, 0.29) is 12.5 Å². The van der Waals surface area contributed by atoms with Crippen LogP contribution in [0.25, 0.3) is 22.8 Å². The Labute approximate surface area is 174 Å². The number of rotatable bonds is 6. The Bertz CT molecular complexity index is 1180. The van der Waals surface area contributed by atoms with Gasteiger partial charge in [-0.3, -0.25) is 4.79 Å². The molecule has 1 heterocycles. The molecule has 6 heteroatoms. The Kier molecular flexibility index (Phi) is 5.57. The number of nitrogens with one attached hydrogen (secondary N) is 1. The van der Waals surface area contributed by atoms with Crippen LogP contribution in [0, 0.1) is 13.8 Å². The van der Waals surface area contributed by atoms with Gasteiger partial charge in [-0.15, -0.1) is 0 Å². The fraction of sp³-hybridized carbons (Fsp3) is 0.125. The van der Waals surface area contributed by atoms with Crippen molar-refractivity contribution in [1.82, 2.24) is 10.1 Å². The van der Waals surface area contributed by atoms with Crippen LogP contribution in [0.2, 0.25) is 0 Å². The minimum Gasteiger partial charge on any atom is -0.483 e. The molecule has 0 saturated carbocycles. The molecular weight excluding hydrogens is 378 g/mol. The monoisotopic (exact) mass is 399 g/mol. The van der Waals surface area contributed by atoms with E-state index in [1.807, 2.05) is 80.6 Å². The number of nitrogens with zero attached hydrogens (tertiary/aromatic N) is 2.